The zero-order valence-electron chi connectivity index (χ0n) is 8.74. The quantitative estimate of drug-likeness (QED) is 0.647. The zero-order chi connectivity index (χ0) is 9.80. The molecule has 0 radical (unpaired) electrons. The molecule has 0 N–H and O–H groups in total. The number of allylic oxidation sites excluding steroid dienone is 2. The second kappa shape index (κ2) is 4.41. The fraction of sp³-hybridized carbons (Fsp3) is 0.462. The molecule has 1 aromatic heterocycles. The molecule has 0 saturated heterocycles. The van der Waals surface area contributed by atoms with E-state index in [1.54, 1.807) is 0 Å². The van der Waals surface area contributed by atoms with Crippen molar-refractivity contribution in [3.8, 4) is 0 Å². The third-order valence-corrected chi connectivity index (χ3v) is 2.80. The Labute approximate surface area is 85.9 Å². The van der Waals surface area contributed by atoms with Gasteiger partial charge in [-0.2, -0.15) is 0 Å². The van der Waals surface area contributed by atoms with Gasteiger partial charge in [-0.25, -0.2) is 0 Å². The Balaban J connectivity index is 2.02. The SMILES string of the molecule is Cc1ccnc(CC2C=CCCC2)c1. The number of hydrogen-bond donors (Lipinski definition) is 0. The lowest BCUT2D eigenvalue weighted by Crippen LogP contribution is -2.05. The predicted octanol–water partition coefficient (Wildman–Crippen LogP) is 3.29. The van der Waals surface area contributed by atoms with Crippen LogP contribution in [0.5, 0.6) is 0 Å². The average molecular weight is 187 g/mol. The van der Waals surface area contributed by atoms with Gasteiger partial charge in [0.2, 0.25) is 0 Å². The van der Waals surface area contributed by atoms with Crippen LogP contribution in [0.15, 0.2) is 30.5 Å². The van der Waals surface area contributed by atoms with E-state index in [1.807, 2.05) is 6.20 Å². The molecule has 1 nitrogen and oxygen atoms in total. The summed E-state index contributed by atoms with van der Waals surface area (Å²) in [6, 6.07) is 4.25. The number of nitrogens with zero attached hydrogens (tertiary/aromatic N) is 1. The lowest BCUT2D eigenvalue weighted by atomic mass is 9.91. The summed E-state index contributed by atoms with van der Waals surface area (Å²) in [7, 11) is 0. The summed E-state index contributed by atoms with van der Waals surface area (Å²) in [6.45, 7) is 2.13. The summed E-state index contributed by atoms with van der Waals surface area (Å²) >= 11 is 0. The molecular formula is C13H17N. The van der Waals surface area contributed by atoms with E-state index in [-0.39, 0.29) is 0 Å². The number of aromatic nitrogens is 1. The van der Waals surface area contributed by atoms with Gasteiger partial charge in [0.15, 0.2) is 0 Å². The maximum atomic E-state index is 4.40. The third kappa shape index (κ3) is 2.44. The van der Waals surface area contributed by atoms with Crippen molar-refractivity contribution in [1.82, 2.24) is 4.98 Å². The van der Waals surface area contributed by atoms with Gasteiger partial charge in [0.25, 0.3) is 0 Å². The zero-order valence-corrected chi connectivity index (χ0v) is 8.74. The van der Waals surface area contributed by atoms with Crippen molar-refractivity contribution in [2.75, 3.05) is 0 Å². The van der Waals surface area contributed by atoms with Crippen LogP contribution in [0.3, 0.4) is 0 Å². The minimum Gasteiger partial charge on any atom is -0.261 e. The topological polar surface area (TPSA) is 12.9 Å². The molecule has 0 aliphatic heterocycles. The molecule has 0 bridgehead atoms. The third-order valence-electron chi connectivity index (χ3n) is 2.80. The van der Waals surface area contributed by atoms with Crippen LogP contribution < -0.4 is 0 Å². The molecule has 1 heterocycles. The van der Waals surface area contributed by atoms with Crippen LogP contribution in [0.2, 0.25) is 0 Å². The molecule has 14 heavy (non-hydrogen) atoms. The van der Waals surface area contributed by atoms with E-state index in [0.29, 0.717) is 0 Å². The highest BCUT2D eigenvalue weighted by atomic mass is 14.7. The highest BCUT2D eigenvalue weighted by Crippen LogP contribution is 2.20. The standard InChI is InChI=1S/C13H17N/c1-11-7-8-14-13(9-11)10-12-5-3-2-4-6-12/h3,5,7-9,12H,2,4,6,10H2,1H3. The Morgan fingerprint density at radius 1 is 1.50 bits per heavy atom. The summed E-state index contributed by atoms with van der Waals surface area (Å²) < 4.78 is 0. The van der Waals surface area contributed by atoms with Crippen molar-refractivity contribution in [1.29, 1.82) is 0 Å². The highest BCUT2D eigenvalue weighted by molar-refractivity contribution is 5.15. The van der Waals surface area contributed by atoms with Crippen molar-refractivity contribution in [3.63, 3.8) is 0 Å². The lowest BCUT2D eigenvalue weighted by Gasteiger charge is -2.15. The molecule has 1 atom stereocenters. The fourth-order valence-corrected chi connectivity index (χ4v) is 2.03. The molecule has 0 saturated carbocycles. The molecule has 1 aromatic rings. The molecule has 0 spiro atoms. The number of rotatable bonds is 2. The first kappa shape index (κ1) is 9.45. The Bertz CT molecular complexity index is 328. The second-order valence-corrected chi connectivity index (χ2v) is 4.15. The molecule has 0 fully saturated rings. The average Bonchev–Trinajstić information content (AvgIpc) is 2.19. The molecule has 1 aliphatic rings. The van der Waals surface area contributed by atoms with Crippen molar-refractivity contribution in [3.05, 3.63) is 41.7 Å². The van der Waals surface area contributed by atoms with E-state index in [9.17, 15) is 0 Å². The highest BCUT2D eigenvalue weighted by Gasteiger charge is 2.09. The fourth-order valence-electron chi connectivity index (χ4n) is 2.03. The van der Waals surface area contributed by atoms with E-state index in [2.05, 4.69) is 36.2 Å². The maximum absolute atomic E-state index is 4.40. The Kier molecular flexibility index (Phi) is 2.97. The van der Waals surface area contributed by atoms with Gasteiger partial charge in [-0.05, 0) is 56.2 Å². The minimum absolute atomic E-state index is 0.720. The largest absolute Gasteiger partial charge is 0.261 e. The number of hydrogen-bond acceptors (Lipinski definition) is 1. The van der Waals surface area contributed by atoms with E-state index in [4.69, 9.17) is 0 Å². The van der Waals surface area contributed by atoms with E-state index in [0.717, 1.165) is 12.3 Å². The molecule has 1 unspecified atom stereocenters. The van der Waals surface area contributed by atoms with Gasteiger partial charge >= 0.3 is 0 Å². The summed E-state index contributed by atoms with van der Waals surface area (Å²) in [5.41, 5.74) is 2.55. The first-order valence-electron chi connectivity index (χ1n) is 5.43. The Morgan fingerprint density at radius 2 is 2.43 bits per heavy atom. The Hall–Kier alpha value is -1.11. The first-order chi connectivity index (χ1) is 6.84. The van der Waals surface area contributed by atoms with Gasteiger partial charge in [0, 0.05) is 11.9 Å². The van der Waals surface area contributed by atoms with Gasteiger partial charge in [-0.15, -0.1) is 0 Å². The Morgan fingerprint density at radius 3 is 3.14 bits per heavy atom. The van der Waals surface area contributed by atoms with Crippen LogP contribution in [-0.2, 0) is 6.42 Å². The predicted molar refractivity (Wildman–Crippen MR) is 59.2 cm³/mol. The van der Waals surface area contributed by atoms with Crippen molar-refractivity contribution in [2.24, 2.45) is 5.92 Å². The molecule has 0 amide bonds. The van der Waals surface area contributed by atoms with Crippen LogP contribution in [0.1, 0.15) is 30.5 Å². The number of aryl methyl sites for hydroxylation is 1. The molecule has 2 rings (SSSR count). The van der Waals surface area contributed by atoms with Gasteiger partial charge in [0.05, 0.1) is 0 Å². The van der Waals surface area contributed by atoms with Crippen LogP contribution >= 0.6 is 0 Å². The summed E-state index contributed by atoms with van der Waals surface area (Å²) in [6.07, 6.45) is 11.6. The van der Waals surface area contributed by atoms with Crippen molar-refractivity contribution < 1.29 is 0 Å². The van der Waals surface area contributed by atoms with Gasteiger partial charge in [-0.3, -0.25) is 4.98 Å². The van der Waals surface area contributed by atoms with Crippen LogP contribution in [-0.4, -0.2) is 4.98 Å². The van der Waals surface area contributed by atoms with Gasteiger partial charge < -0.3 is 0 Å². The van der Waals surface area contributed by atoms with E-state index in [1.165, 1.54) is 30.5 Å². The maximum Gasteiger partial charge on any atom is 0.0412 e. The molecular weight excluding hydrogens is 170 g/mol. The van der Waals surface area contributed by atoms with Gasteiger partial charge in [-0.1, -0.05) is 12.2 Å². The normalized spacial score (nSPS) is 21.1. The summed E-state index contributed by atoms with van der Waals surface area (Å²) in [4.78, 5) is 4.40. The smallest absolute Gasteiger partial charge is 0.0412 e. The van der Waals surface area contributed by atoms with E-state index >= 15 is 0 Å². The van der Waals surface area contributed by atoms with E-state index < -0.39 is 0 Å². The van der Waals surface area contributed by atoms with Gasteiger partial charge in [0.1, 0.15) is 0 Å². The molecule has 1 aliphatic carbocycles. The summed E-state index contributed by atoms with van der Waals surface area (Å²) in [5.74, 6) is 0.720. The van der Waals surface area contributed by atoms with Crippen molar-refractivity contribution >= 4 is 0 Å². The van der Waals surface area contributed by atoms with Crippen molar-refractivity contribution in [2.45, 2.75) is 32.6 Å². The number of pyridine rings is 1. The van der Waals surface area contributed by atoms with Crippen LogP contribution in [0.25, 0.3) is 0 Å². The molecule has 0 aromatic carbocycles. The van der Waals surface area contributed by atoms with Crippen LogP contribution in [0.4, 0.5) is 0 Å². The minimum atomic E-state index is 0.720. The monoisotopic (exact) mass is 187 g/mol. The first-order valence-corrected chi connectivity index (χ1v) is 5.43. The van der Waals surface area contributed by atoms with Crippen LogP contribution in [0, 0.1) is 12.8 Å². The lowest BCUT2D eigenvalue weighted by molar-refractivity contribution is 0.533. The molecule has 74 valence electrons. The second-order valence-electron chi connectivity index (χ2n) is 4.15. The summed E-state index contributed by atoms with van der Waals surface area (Å²) in [5, 5.41) is 0. The molecule has 1 heteroatoms.